The summed E-state index contributed by atoms with van der Waals surface area (Å²) in [6, 6.07) is 21.2. The van der Waals surface area contributed by atoms with Crippen molar-refractivity contribution in [3.63, 3.8) is 0 Å². The second kappa shape index (κ2) is 28.0. The van der Waals surface area contributed by atoms with Crippen LogP contribution in [0.3, 0.4) is 0 Å². The third kappa shape index (κ3) is 17.0. The fourth-order valence-electron chi connectivity index (χ4n) is 8.39. The number of aliphatic hydroxyl groups excluding tert-OH is 3. The summed E-state index contributed by atoms with van der Waals surface area (Å²) in [7, 11) is 2.25. The van der Waals surface area contributed by atoms with Gasteiger partial charge in [-0.2, -0.15) is 0 Å². The normalized spacial score (nSPS) is 23.3. The van der Waals surface area contributed by atoms with Gasteiger partial charge in [-0.25, -0.2) is 0 Å². The van der Waals surface area contributed by atoms with Crippen molar-refractivity contribution < 1.29 is 48.9 Å². The molecule has 0 aliphatic carbocycles. The van der Waals surface area contributed by atoms with Crippen LogP contribution in [0, 0.1) is 17.8 Å². The van der Waals surface area contributed by atoms with Gasteiger partial charge in [0, 0.05) is 60.2 Å². The van der Waals surface area contributed by atoms with Crippen LogP contribution in [0.15, 0.2) is 91.1 Å². The summed E-state index contributed by atoms with van der Waals surface area (Å²) >= 11 is 0. The van der Waals surface area contributed by atoms with Gasteiger partial charge in [0.25, 0.3) is 0 Å². The molecule has 1 aromatic heterocycles. The molecule has 0 bridgehead atoms. The van der Waals surface area contributed by atoms with E-state index in [9.17, 15) is 48.9 Å². The molecule has 10 atom stereocenters. The number of aromatic amines is 1. The third-order valence-electron chi connectivity index (χ3n) is 12.7. The van der Waals surface area contributed by atoms with Gasteiger partial charge in [0.2, 0.25) is 17.7 Å². The molecule has 11 N–H and O–H groups in total. The minimum Gasteiger partial charge on any atom is -0.393 e. The number of hydrogen-bond donors (Lipinski definition) is 9. The summed E-state index contributed by atoms with van der Waals surface area (Å²) in [4.78, 5) is 103. The maximum atomic E-state index is 14.8. The quantitative estimate of drug-likeness (QED) is 0.0511. The first-order valence-corrected chi connectivity index (χ1v) is 26.4. The zero-order valence-corrected chi connectivity index (χ0v) is 41.4. The van der Waals surface area contributed by atoms with Gasteiger partial charge in [-0.05, 0) is 81.7 Å². The van der Waals surface area contributed by atoms with E-state index in [1.54, 1.807) is 18.3 Å². The Bertz CT molecular complexity index is 2370. The Morgan fingerprint density at radius 2 is 1.33 bits per heavy atom. The smallest absolute Gasteiger partial charge is 0.226 e. The van der Waals surface area contributed by atoms with Crippen molar-refractivity contribution in [2.75, 3.05) is 18.1 Å². The summed E-state index contributed by atoms with van der Waals surface area (Å²) in [6.45, 7) is 2.96. The van der Waals surface area contributed by atoms with Crippen LogP contribution in [-0.2, 0) is 52.8 Å². The van der Waals surface area contributed by atoms with E-state index in [4.69, 9.17) is 11.5 Å². The molecule has 0 saturated carbocycles. The fourth-order valence-corrected chi connectivity index (χ4v) is 10.9. The van der Waals surface area contributed by atoms with Crippen molar-refractivity contribution in [3.8, 4) is 0 Å². The van der Waals surface area contributed by atoms with E-state index in [1.807, 2.05) is 72.8 Å². The number of carbonyl (C=O) groups is 7. The van der Waals surface area contributed by atoms with E-state index < -0.39 is 114 Å². The van der Waals surface area contributed by atoms with Crippen molar-refractivity contribution in [3.05, 3.63) is 108 Å². The molecule has 0 radical (unpaired) electrons. The van der Waals surface area contributed by atoms with Gasteiger partial charge in [0.1, 0.15) is 0 Å². The van der Waals surface area contributed by atoms with Gasteiger partial charge in [-0.1, -0.05) is 100 Å². The van der Waals surface area contributed by atoms with E-state index >= 15 is 0 Å². The van der Waals surface area contributed by atoms with Gasteiger partial charge in [0.05, 0.1) is 54.3 Å². The zero-order valence-electron chi connectivity index (χ0n) is 39.8. The number of nitrogens with two attached hydrogens (primary N) is 2. The van der Waals surface area contributed by atoms with Crippen LogP contribution in [0.1, 0.15) is 75.5 Å². The number of unbranched alkanes of at least 4 members (excludes halogenated alkanes) is 1. The Morgan fingerprint density at radius 3 is 2.00 bits per heavy atom. The molecule has 1 fully saturated rings. The van der Waals surface area contributed by atoms with Gasteiger partial charge in [0.15, 0.2) is 23.1 Å². The average molecular weight is 1000 g/mol. The Balaban J connectivity index is 1.56. The molecule has 3 amide bonds. The first-order chi connectivity index (χ1) is 33.5. The fraction of sp³-hybridized carbons (Fsp3) is 0.481. The lowest BCUT2D eigenvalue weighted by atomic mass is 9.88. The number of H-pyrrole nitrogens is 1. The molecule has 1 saturated heterocycles. The highest BCUT2D eigenvalue weighted by Crippen LogP contribution is 2.29. The topological polar surface area (TPSA) is 284 Å². The Morgan fingerprint density at radius 1 is 0.714 bits per heavy atom. The molecule has 4 aromatic rings. The number of ketones is 4. The highest BCUT2D eigenvalue weighted by Gasteiger charge is 2.37. The van der Waals surface area contributed by atoms with E-state index in [0.29, 0.717) is 19.4 Å². The number of aromatic nitrogens is 1. The number of fused-ring (bicyclic) bond motifs is 1. The lowest BCUT2D eigenvalue weighted by molar-refractivity contribution is -0.137. The van der Waals surface area contributed by atoms with Crippen LogP contribution >= 0.6 is 21.6 Å². The van der Waals surface area contributed by atoms with Crippen molar-refractivity contribution in [1.29, 1.82) is 0 Å². The standard InChI is InChI=1S/C52H68N6O10S2/c1-31(59)39-26-48(64)42(19-11-12-20-53)56-50(66)35(23-36-28-55-41-18-10-9-17-38(36)41)24-47(63)43(22-34-15-7-4-8-16-34)57-51(67)37(25-46(62)40(54)21-33-13-5-3-6-14-33)29-69-70-30-44(58-52(39)68)49(65)27-45(61)32(2)60/h3-10,13-18,28,31-32,35,37,39-40,42-45,55,59-61H,11-12,19-27,29-30,53-54H2,1-2H3,(H,56,66)(H,57,67)(H,58,68)/t31-,32-,35+,37+,39+,40-,42+,43+,44+,45+/m1/s1. The van der Waals surface area contributed by atoms with Crippen molar-refractivity contribution in [2.45, 2.75) is 121 Å². The van der Waals surface area contributed by atoms with Gasteiger partial charge in [-0.3, -0.25) is 33.6 Å². The van der Waals surface area contributed by atoms with Crippen LogP contribution in [0.25, 0.3) is 10.9 Å². The molecule has 0 unspecified atom stereocenters. The molecular formula is C52H68N6O10S2. The summed E-state index contributed by atoms with van der Waals surface area (Å²) < 4.78 is 0. The monoisotopic (exact) mass is 1000 g/mol. The molecule has 0 spiro atoms. The second-order valence-corrected chi connectivity index (χ2v) is 20.9. The van der Waals surface area contributed by atoms with Crippen LogP contribution in [0.4, 0.5) is 0 Å². The summed E-state index contributed by atoms with van der Waals surface area (Å²) in [6.07, 6.45) is -2.61. The van der Waals surface area contributed by atoms with E-state index in [-0.39, 0.29) is 50.0 Å². The third-order valence-corrected chi connectivity index (χ3v) is 15.2. The number of rotatable bonds is 18. The Labute approximate surface area is 417 Å². The molecule has 1 aliphatic heterocycles. The average Bonchev–Trinajstić information content (AvgIpc) is 3.75. The first-order valence-electron chi connectivity index (χ1n) is 23.9. The molecule has 2 heterocycles. The van der Waals surface area contributed by atoms with Gasteiger partial charge < -0.3 is 47.7 Å². The van der Waals surface area contributed by atoms with Crippen LogP contribution in [0.5, 0.6) is 0 Å². The number of para-hydroxylation sites is 1. The van der Waals surface area contributed by atoms with E-state index in [1.165, 1.54) is 13.8 Å². The minimum absolute atomic E-state index is 0.000357. The number of nitrogens with one attached hydrogen (secondary N) is 4. The number of Topliss-reactive ketones (excluding diaryl/α,β-unsaturated/α-hetero) is 4. The van der Waals surface area contributed by atoms with Crippen molar-refractivity contribution in [1.82, 2.24) is 20.9 Å². The lowest BCUT2D eigenvalue weighted by Crippen LogP contribution is -2.51. The molecule has 16 nitrogen and oxygen atoms in total. The maximum Gasteiger partial charge on any atom is 0.226 e. The number of amides is 3. The molecule has 18 heteroatoms. The van der Waals surface area contributed by atoms with Crippen LogP contribution in [-0.4, -0.2) is 122 Å². The highest BCUT2D eigenvalue weighted by atomic mass is 33.1. The lowest BCUT2D eigenvalue weighted by Gasteiger charge is -2.28. The SMILES string of the molecule is C[C@@H](O)[C@@H]1CC(=O)[C@H](CCCCN)NC(=O)[C@@H](Cc2c[nH]c3ccccc23)CC(=O)[C@H](Cc2ccccc2)NC(=O)[C@@H](CC(=O)[C@H](N)Cc2ccccc2)CSSC[C@@H](C(=O)C[C@H](O)[C@@H](C)O)NC1=O. The molecule has 378 valence electrons. The number of carbonyl (C=O) groups excluding carboxylic acids is 7. The Kier molecular flexibility index (Phi) is 22.3. The largest absolute Gasteiger partial charge is 0.393 e. The van der Waals surface area contributed by atoms with Gasteiger partial charge in [-0.15, -0.1) is 0 Å². The summed E-state index contributed by atoms with van der Waals surface area (Å²) in [5, 5.41) is 40.7. The summed E-state index contributed by atoms with van der Waals surface area (Å²) in [5.74, 6) is -7.68. The van der Waals surface area contributed by atoms with E-state index in [0.717, 1.165) is 49.2 Å². The highest BCUT2D eigenvalue weighted by molar-refractivity contribution is 8.76. The van der Waals surface area contributed by atoms with Gasteiger partial charge >= 0.3 is 0 Å². The number of hydrogen-bond acceptors (Lipinski definition) is 14. The van der Waals surface area contributed by atoms with Crippen LogP contribution in [0.2, 0.25) is 0 Å². The van der Waals surface area contributed by atoms with Crippen LogP contribution < -0.4 is 27.4 Å². The second-order valence-electron chi connectivity index (χ2n) is 18.3. The maximum absolute atomic E-state index is 14.8. The van der Waals surface area contributed by atoms with Crippen molar-refractivity contribution in [2.24, 2.45) is 29.2 Å². The molecule has 3 aromatic carbocycles. The molecule has 70 heavy (non-hydrogen) atoms. The first kappa shape index (κ1) is 55.7. The zero-order chi connectivity index (χ0) is 50.7. The summed E-state index contributed by atoms with van der Waals surface area (Å²) in [5.41, 5.74) is 15.4. The molecule has 1 aliphatic rings. The predicted octanol–water partition coefficient (Wildman–Crippen LogP) is 3.31. The number of aliphatic hydroxyl groups is 3. The number of benzene rings is 3. The van der Waals surface area contributed by atoms with Crippen molar-refractivity contribution >= 4 is 73.3 Å². The molecule has 5 rings (SSSR count). The van der Waals surface area contributed by atoms with E-state index in [2.05, 4.69) is 20.9 Å². The molecular weight excluding hydrogens is 933 g/mol. The Hall–Kier alpha value is -5.21. The predicted molar refractivity (Wildman–Crippen MR) is 272 cm³/mol. The minimum atomic E-state index is -1.46.